The summed E-state index contributed by atoms with van der Waals surface area (Å²) in [6.07, 6.45) is 3.54. The van der Waals surface area contributed by atoms with Crippen molar-refractivity contribution in [2.75, 3.05) is 5.73 Å². The highest BCUT2D eigenvalue weighted by Gasteiger charge is 2.11. The molecular weight excluding hydrogens is 298 g/mol. The van der Waals surface area contributed by atoms with Gasteiger partial charge in [0.05, 0.1) is 0 Å². The van der Waals surface area contributed by atoms with E-state index in [1.54, 1.807) is 24.2 Å². The van der Waals surface area contributed by atoms with Gasteiger partial charge in [-0.15, -0.1) is 0 Å². The minimum absolute atomic E-state index is 0.745. The Hall–Kier alpha value is -1.85. The lowest BCUT2D eigenvalue weighted by Gasteiger charge is -1.99. The fraction of sp³-hybridized carbons (Fsp3) is 0.125. The molecule has 2 aromatic heterocycles. The van der Waals surface area contributed by atoms with E-state index in [1.807, 2.05) is 12.1 Å². The molecule has 1 aromatic carbocycles. The zero-order chi connectivity index (χ0) is 14.7. The third kappa shape index (κ3) is 3.43. The summed E-state index contributed by atoms with van der Waals surface area (Å²) < 4.78 is 0.993. The smallest absolute Gasteiger partial charge is 0.152 e. The number of anilines is 1. The van der Waals surface area contributed by atoms with Crippen LogP contribution in [0.5, 0.6) is 0 Å². The highest BCUT2D eigenvalue weighted by atomic mass is 32.2. The lowest BCUT2D eigenvalue weighted by molar-refractivity contribution is 1.23. The van der Waals surface area contributed by atoms with E-state index in [-0.39, 0.29) is 0 Å². The van der Waals surface area contributed by atoms with E-state index < -0.39 is 0 Å². The van der Waals surface area contributed by atoms with Crippen LogP contribution >= 0.6 is 23.1 Å². The standard InChI is InChI=1S/C16H15N3S2/c1-11-4-6-12(7-5-11)10-20-16-19-14(15(17)21-16)13-3-2-8-18-9-13/h2-9H,10,17H2,1H3. The zero-order valence-electron chi connectivity index (χ0n) is 11.6. The molecule has 21 heavy (non-hydrogen) atoms. The Morgan fingerprint density at radius 1 is 1.19 bits per heavy atom. The molecule has 2 N–H and O–H groups in total. The molecule has 3 aromatic rings. The van der Waals surface area contributed by atoms with Crippen LogP contribution in [-0.2, 0) is 5.75 Å². The summed E-state index contributed by atoms with van der Waals surface area (Å²) in [7, 11) is 0. The number of hydrogen-bond acceptors (Lipinski definition) is 5. The van der Waals surface area contributed by atoms with Crippen LogP contribution in [0.3, 0.4) is 0 Å². The lowest BCUT2D eigenvalue weighted by Crippen LogP contribution is -1.86. The van der Waals surface area contributed by atoms with Gasteiger partial charge in [-0.1, -0.05) is 52.9 Å². The van der Waals surface area contributed by atoms with Gasteiger partial charge < -0.3 is 5.73 Å². The SMILES string of the molecule is Cc1ccc(CSc2nc(-c3cccnc3)c(N)s2)cc1. The molecule has 0 saturated heterocycles. The molecule has 3 nitrogen and oxygen atoms in total. The number of pyridine rings is 1. The molecule has 106 valence electrons. The average molecular weight is 313 g/mol. The molecule has 0 atom stereocenters. The van der Waals surface area contributed by atoms with E-state index in [4.69, 9.17) is 5.73 Å². The van der Waals surface area contributed by atoms with Crippen molar-refractivity contribution in [3.63, 3.8) is 0 Å². The molecule has 5 heteroatoms. The predicted octanol–water partition coefficient (Wildman–Crippen LogP) is 4.39. The lowest BCUT2D eigenvalue weighted by atomic mass is 10.2. The average Bonchev–Trinajstić information content (AvgIpc) is 2.89. The fourth-order valence-electron chi connectivity index (χ4n) is 1.91. The van der Waals surface area contributed by atoms with Crippen molar-refractivity contribution in [3.8, 4) is 11.3 Å². The predicted molar refractivity (Wildman–Crippen MR) is 90.5 cm³/mol. The van der Waals surface area contributed by atoms with E-state index in [1.165, 1.54) is 22.5 Å². The maximum atomic E-state index is 6.08. The van der Waals surface area contributed by atoms with Gasteiger partial charge in [0.2, 0.25) is 0 Å². The third-order valence-corrected chi connectivity index (χ3v) is 5.15. The normalized spacial score (nSPS) is 10.7. The minimum atomic E-state index is 0.745. The van der Waals surface area contributed by atoms with Crippen LogP contribution in [0, 0.1) is 6.92 Å². The first-order valence-corrected chi connectivity index (χ1v) is 8.37. The van der Waals surface area contributed by atoms with Crippen LogP contribution in [-0.4, -0.2) is 9.97 Å². The van der Waals surface area contributed by atoms with E-state index >= 15 is 0 Å². The van der Waals surface area contributed by atoms with E-state index in [0.717, 1.165) is 26.4 Å². The fourth-order valence-corrected chi connectivity index (χ4v) is 3.82. The molecule has 0 saturated carbocycles. The quantitative estimate of drug-likeness (QED) is 0.726. The Bertz CT molecular complexity index is 721. The van der Waals surface area contributed by atoms with Crippen molar-refractivity contribution in [3.05, 3.63) is 59.9 Å². The number of thiazole rings is 1. The van der Waals surface area contributed by atoms with Crippen molar-refractivity contribution < 1.29 is 0 Å². The second kappa shape index (κ2) is 6.28. The molecule has 0 aliphatic rings. The van der Waals surface area contributed by atoms with Crippen LogP contribution in [0.4, 0.5) is 5.00 Å². The maximum absolute atomic E-state index is 6.08. The summed E-state index contributed by atoms with van der Waals surface area (Å²) >= 11 is 3.25. The number of aromatic nitrogens is 2. The molecule has 3 rings (SSSR count). The van der Waals surface area contributed by atoms with E-state index in [2.05, 4.69) is 41.2 Å². The summed E-state index contributed by atoms with van der Waals surface area (Å²) in [5, 5.41) is 0.745. The van der Waals surface area contributed by atoms with Crippen molar-refractivity contribution in [1.29, 1.82) is 0 Å². The van der Waals surface area contributed by atoms with Crippen LogP contribution in [0.15, 0.2) is 53.1 Å². The van der Waals surface area contributed by atoms with E-state index in [0.29, 0.717) is 0 Å². The number of nitrogens with two attached hydrogens (primary N) is 1. The van der Waals surface area contributed by atoms with Crippen molar-refractivity contribution in [2.45, 2.75) is 17.0 Å². The van der Waals surface area contributed by atoms with Crippen molar-refractivity contribution in [1.82, 2.24) is 9.97 Å². The number of rotatable bonds is 4. The molecular formula is C16H15N3S2. The topological polar surface area (TPSA) is 51.8 Å². The highest BCUT2D eigenvalue weighted by Crippen LogP contribution is 2.36. The van der Waals surface area contributed by atoms with Crippen molar-refractivity contribution in [2.24, 2.45) is 0 Å². The van der Waals surface area contributed by atoms with Gasteiger partial charge >= 0.3 is 0 Å². The summed E-state index contributed by atoms with van der Waals surface area (Å²) in [5.74, 6) is 0.902. The monoisotopic (exact) mass is 313 g/mol. The van der Waals surface area contributed by atoms with Gasteiger partial charge in [0.15, 0.2) is 4.34 Å². The maximum Gasteiger partial charge on any atom is 0.152 e. The third-order valence-electron chi connectivity index (χ3n) is 3.05. The zero-order valence-corrected chi connectivity index (χ0v) is 13.2. The Labute approximate surface area is 132 Å². The van der Waals surface area contributed by atoms with Gasteiger partial charge in [-0.2, -0.15) is 0 Å². The summed E-state index contributed by atoms with van der Waals surface area (Å²) in [6.45, 7) is 2.10. The summed E-state index contributed by atoms with van der Waals surface area (Å²) in [4.78, 5) is 8.74. The van der Waals surface area contributed by atoms with Crippen LogP contribution in [0.2, 0.25) is 0 Å². The largest absolute Gasteiger partial charge is 0.389 e. The number of nitrogens with zero attached hydrogens (tertiary/aromatic N) is 2. The first-order valence-electron chi connectivity index (χ1n) is 6.57. The van der Waals surface area contributed by atoms with Crippen LogP contribution < -0.4 is 5.73 Å². The van der Waals surface area contributed by atoms with Crippen LogP contribution in [0.1, 0.15) is 11.1 Å². The number of benzene rings is 1. The molecule has 0 amide bonds. The number of aryl methyl sites for hydroxylation is 1. The second-order valence-electron chi connectivity index (χ2n) is 4.71. The van der Waals surface area contributed by atoms with Gasteiger partial charge in [-0.3, -0.25) is 4.98 Å². The number of nitrogen functional groups attached to an aromatic ring is 1. The Morgan fingerprint density at radius 2 is 2.00 bits per heavy atom. The molecule has 0 radical (unpaired) electrons. The van der Waals surface area contributed by atoms with Crippen LogP contribution in [0.25, 0.3) is 11.3 Å². The van der Waals surface area contributed by atoms with Gasteiger partial charge in [-0.05, 0) is 24.6 Å². The summed E-state index contributed by atoms with van der Waals surface area (Å²) in [5.41, 5.74) is 10.4. The minimum Gasteiger partial charge on any atom is -0.389 e. The molecule has 0 aliphatic carbocycles. The Morgan fingerprint density at radius 3 is 2.71 bits per heavy atom. The molecule has 0 bridgehead atoms. The van der Waals surface area contributed by atoms with Gasteiger partial charge in [0.25, 0.3) is 0 Å². The number of thioether (sulfide) groups is 1. The molecule has 2 heterocycles. The molecule has 0 fully saturated rings. The summed E-state index contributed by atoms with van der Waals surface area (Å²) in [6, 6.07) is 12.4. The highest BCUT2D eigenvalue weighted by molar-refractivity contribution is 8.00. The Kier molecular flexibility index (Phi) is 4.22. The first kappa shape index (κ1) is 14.1. The van der Waals surface area contributed by atoms with E-state index in [9.17, 15) is 0 Å². The van der Waals surface area contributed by atoms with Gasteiger partial charge in [-0.25, -0.2) is 4.98 Å². The second-order valence-corrected chi connectivity index (χ2v) is 6.96. The molecule has 0 aliphatic heterocycles. The Balaban J connectivity index is 1.74. The molecule has 0 unspecified atom stereocenters. The first-order chi connectivity index (χ1) is 10.2. The molecule has 0 spiro atoms. The van der Waals surface area contributed by atoms with Gasteiger partial charge in [0, 0.05) is 23.7 Å². The van der Waals surface area contributed by atoms with Crippen molar-refractivity contribution >= 4 is 28.1 Å². The van der Waals surface area contributed by atoms with Gasteiger partial charge in [0.1, 0.15) is 10.7 Å². The number of hydrogen-bond donors (Lipinski definition) is 1.